The molecule has 2 N–H and O–H groups in total. The first-order chi connectivity index (χ1) is 14.2. The maximum Gasteiger partial charge on any atom is 0.325 e. The van der Waals surface area contributed by atoms with Gasteiger partial charge < -0.3 is 10.3 Å². The zero-order chi connectivity index (χ0) is 19.8. The number of imide groups is 1. The van der Waals surface area contributed by atoms with Gasteiger partial charge in [-0.05, 0) is 11.6 Å². The Bertz CT molecular complexity index is 1200. The Morgan fingerprint density at radius 2 is 1.83 bits per heavy atom. The third-order valence-electron chi connectivity index (χ3n) is 5.10. The average molecular weight is 402 g/mol. The molecule has 1 saturated heterocycles. The second-order valence-corrected chi connectivity index (χ2v) is 7.86. The molecule has 0 radical (unpaired) electrons. The minimum absolute atomic E-state index is 0.179. The number of thiazole rings is 1. The number of para-hydroxylation sites is 1. The molecule has 7 heteroatoms. The Kier molecular flexibility index (Phi) is 4.37. The van der Waals surface area contributed by atoms with Crippen LogP contribution in [0.4, 0.5) is 4.79 Å². The molecule has 3 heterocycles. The summed E-state index contributed by atoms with van der Waals surface area (Å²) in [6.45, 7) is 0.179. The van der Waals surface area contributed by atoms with Crippen molar-refractivity contribution in [3.63, 3.8) is 0 Å². The predicted molar refractivity (Wildman–Crippen MR) is 112 cm³/mol. The van der Waals surface area contributed by atoms with Crippen molar-refractivity contribution in [1.82, 2.24) is 20.2 Å². The van der Waals surface area contributed by atoms with Crippen LogP contribution in [0, 0.1) is 0 Å². The molecule has 1 atom stereocenters. The molecular formula is C22H18N4O2S. The van der Waals surface area contributed by atoms with Crippen LogP contribution in [0.1, 0.15) is 11.3 Å². The highest BCUT2D eigenvalue weighted by Gasteiger charge is 2.38. The number of carbonyl (C=O) groups excluding carboxylic acids is 2. The van der Waals surface area contributed by atoms with Gasteiger partial charge in [0.1, 0.15) is 11.0 Å². The van der Waals surface area contributed by atoms with Crippen LogP contribution in [0.2, 0.25) is 0 Å². The average Bonchev–Trinajstić information content (AvgIpc) is 3.45. The molecule has 144 valence electrons. The van der Waals surface area contributed by atoms with Gasteiger partial charge in [-0.1, -0.05) is 48.5 Å². The Labute approximate surface area is 171 Å². The van der Waals surface area contributed by atoms with Crippen LogP contribution in [0.5, 0.6) is 0 Å². The van der Waals surface area contributed by atoms with Gasteiger partial charge in [0.15, 0.2) is 0 Å². The van der Waals surface area contributed by atoms with Crippen LogP contribution in [-0.4, -0.2) is 32.8 Å². The molecule has 0 saturated carbocycles. The van der Waals surface area contributed by atoms with Gasteiger partial charge in [-0.25, -0.2) is 9.78 Å². The van der Waals surface area contributed by atoms with Gasteiger partial charge in [-0.3, -0.25) is 9.69 Å². The Hall–Kier alpha value is -3.45. The molecular weight excluding hydrogens is 384 g/mol. The van der Waals surface area contributed by atoms with E-state index in [1.54, 1.807) is 0 Å². The molecule has 2 aromatic carbocycles. The number of aromatic nitrogens is 2. The van der Waals surface area contributed by atoms with Crippen molar-refractivity contribution in [2.24, 2.45) is 0 Å². The summed E-state index contributed by atoms with van der Waals surface area (Å²) in [5, 5.41) is 6.66. The highest BCUT2D eigenvalue weighted by Crippen LogP contribution is 2.25. The number of nitrogens with one attached hydrogen (secondary N) is 2. The monoisotopic (exact) mass is 402 g/mol. The highest BCUT2D eigenvalue weighted by atomic mass is 32.1. The number of amides is 3. The zero-order valence-electron chi connectivity index (χ0n) is 15.5. The molecule has 29 heavy (non-hydrogen) atoms. The van der Waals surface area contributed by atoms with Crippen molar-refractivity contribution >= 4 is 34.2 Å². The first-order valence-corrected chi connectivity index (χ1v) is 10.2. The molecule has 1 fully saturated rings. The van der Waals surface area contributed by atoms with Gasteiger partial charge in [-0.15, -0.1) is 11.3 Å². The summed E-state index contributed by atoms with van der Waals surface area (Å²) in [4.78, 5) is 34.4. The molecule has 0 aliphatic carbocycles. The van der Waals surface area contributed by atoms with E-state index >= 15 is 0 Å². The van der Waals surface area contributed by atoms with E-state index in [0.29, 0.717) is 12.1 Å². The maximum absolute atomic E-state index is 12.9. The number of hydrogen-bond acceptors (Lipinski definition) is 4. The summed E-state index contributed by atoms with van der Waals surface area (Å²) < 4.78 is 0. The Morgan fingerprint density at radius 1 is 1.03 bits per heavy atom. The van der Waals surface area contributed by atoms with Gasteiger partial charge in [-0.2, -0.15) is 0 Å². The van der Waals surface area contributed by atoms with E-state index in [2.05, 4.69) is 15.3 Å². The number of urea groups is 1. The number of benzene rings is 2. The number of hydrogen-bond donors (Lipinski definition) is 2. The zero-order valence-corrected chi connectivity index (χ0v) is 16.3. The van der Waals surface area contributed by atoms with Crippen LogP contribution < -0.4 is 5.32 Å². The molecule has 6 nitrogen and oxygen atoms in total. The molecule has 1 aliphatic rings. The summed E-state index contributed by atoms with van der Waals surface area (Å²) in [7, 11) is 0. The molecule has 0 spiro atoms. The fraction of sp³-hybridized carbons (Fsp3) is 0.136. The second-order valence-electron chi connectivity index (χ2n) is 7.00. The summed E-state index contributed by atoms with van der Waals surface area (Å²) in [6, 6.07) is 16.9. The minimum atomic E-state index is -0.561. The molecule has 0 bridgehead atoms. The normalized spacial score (nSPS) is 16.6. The number of nitrogens with zero attached hydrogens (tertiary/aromatic N) is 2. The van der Waals surface area contributed by atoms with E-state index in [0.717, 1.165) is 27.0 Å². The SMILES string of the molecule is O=C1N[C@H](Cc2c[nH]c3ccccc23)C(=O)N1Cc1csc(-c2ccccc2)n1. The lowest BCUT2D eigenvalue weighted by molar-refractivity contribution is -0.127. The summed E-state index contributed by atoms with van der Waals surface area (Å²) in [6.07, 6.45) is 2.36. The largest absolute Gasteiger partial charge is 0.361 e. The standard InChI is InChI=1S/C22H18N4O2S/c27-21-19(10-15-11-23-18-9-5-4-8-17(15)18)25-22(28)26(21)12-16-13-29-20(24-16)14-6-2-1-3-7-14/h1-9,11,13,19,23H,10,12H2,(H,25,28)/t19-/m1/s1. The van der Waals surface area contributed by atoms with Crippen LogP contribution >= 0.6 is 11.3 Å². The van der Waals surface area contributed by atoms with Crippen LogP contribution in [0.25, 0.3) is 21.5 Å². The van der Waals surface area contributed by atoms with E-state index in [1.165, 1.54) is 16.2 Å². The van der Waals surface area contributed by atoms with Crippen molar-refractivity contribution in [2.75, 3.05) is 0 Å². The number of rotatable bonds is 5. The van der Waals surface area contributed by atoms with E-state index in [4.69, 9.17) is 0 Å². The topological polar surface area (TPSA) is 78.1 Å². The molecule has 4 aromatic rings. The van der Waals surface area contributed by atoms with E-state index < -0.39 is 6.04 Å². The van der Waals surface area contributed by atoms with Gasteiger partial charge >= 0.3 is 6.03 Å². The molecule has 3 amide bonds. The Balaban J connectivity index is 1.31. The fourth-order valence-electron chi connectivity index (χ4n) is 3.64. The lowest BCUT2D eigenvalue weighted by Crippen LogP contribution is -2.32. The lowest BCUT2D eigenvalue weighted by Gasteiger charge is -2.11. The smallest absolute Gasteiger partial charge is 0.325 e. The van der Waals surface area contributed by atoms with Crippen molar-refractivity contribution in [3.8, 4) is 10.6 Å². The van der Waals surface area contributed by atoms with Gasteiger partial charge in [0.05, 0.1) is 12.2 Å². The van der Waals surface area contributed by atoms with Gasteiger partial charge in [0.2, 0.25) is 0 Å². The third-order valence-corrected chi connectivity index (χ3v) is 6.04. The summed E-state index contributed by atoms with van der Waals surface area (Å²) >= 11 is 1.51. The maximum atomic E-state index is 12.9. The number of carbonyl (C=O) groups is 2. The number of fused-ring (bicyclic) bond motifs is 1. The van der Waals surface area contributed by atoms with E-state index in [-0.39, 0.29) is 18.5 Å². The predicted octanol–water partition coefficient (Wildman–Crippen LogP) is 3.95. The number of H-pyrrole nitrogens is 1. The highest BCUT2D eigenvalue weighted by molar-refractivity contribution is 7.13. The van der Waals surface area contributed by atoms with Gasteiger partial charge in [0, 0.05) is 34.5 Å². The van der Waals surface area contributed by atoms with E-state index in [9.17, 15) is 9.59 Å². The van der Waals surface area contributed by atoms with Crippen molar-refractivity contribution < 1.29 is 9.59 Å². The second kappa shape index (κ2) is 7.18. The summed E-state index contributed by atoms with van der Waals surface area (Å²) in [5.74, 6) is -0.213. The molecule has 0 unspecified atom stereocenters. The fourth-order valence-corrected chi connectivity index (χ4v) is 4.46. The molecule has 2 aromatic heterocycles. The summed E-state index contributed by atoms with van der Waals surface area (Å²) in [5.41, 5.74) is 3.77. The molecule has 5 rings (SSSR count). The van der Waals surface area contributed by atoms with Crippen molar-refractivity contribution in [3.05, 3.63) is 77.4 Å². The van der Waals surface area contributed by atoms with Crippen LogP contribution in [0.3, 0.4) is 0 Å². The van der Waals surface area contributed by atoms with Crippen LogP contribution in [-0.2, 0) is 17.8 Å². The minimum Gasteiger partial charge on any atom is -0.361 e. The quantitative estimate of drug-likeness (QED) is 0.496. The molecule has 1 aliphatic heterocycles. The first-order valence-electron chi connectivity index (χ1n) is 9.36. The van der Waals surface area contributed by atoms with Crippen LogP contribution in [0.15, 0.2) is 66.2 Å². The van der Waals surface area contributed by atoms with Gasteiger partial charge in [0.25, 0.3) is 5.91 Å². The third kappa shape index (κ3) is 3.30. The first kappa shape index (κ1) is 17.6. The lowest BCUT2D eigenvalue weighted by atomic mass is 10.1. The van der Waals surface area contributed by atoms with E-state index in [1.807, 2.05) is 66.2 Å². The Morgan fingerprint density at radius 3 is 2.69 bits per heavy atom. The number of aromatic amines is 1. The van der Waals surface area contributed by atoms with Crippen molar-refractivity contribution in [1.29, 1.82) is 0 Å². The van der Waals surface area contributed by atoms with Crippen molar-refractivity contribution in [2.45, 2.75) is 19.0 Å².